The highest BCUT2D eigenvalue weighted by atomic mass is 16.1. The Hall–Kier alpha value is -3.07. The van der Waals surface area contributed by atoms with Crippen LogP contribution in [0.2, 0.25) is 0 Å². The summed E-state index contributed by atoms with van der Waals surface area (Å²) in [5, 5.41) is 2.34. The molecule has 0 spiro atoms. The molecule has 0 bridgehead atoms. The molecule has 4 rings (SSSR count). The maximum Gasteiger partial charge on any atom is 0.193 e. The van der Waals surface area contributed by atoms with Crippen molar-refractivity contribution in [3.8, 4) is 0 Å². The van der Waals surface area contributed by atoms with E-state index in [0.717, 1.165) is 41.8 Å². The molecule has 3 heteroatoms. The number of benzene rings is 3. The van der Waals surface area contributed by atoms with Crippen molar-refractivity contribution in [3.05, 3.63) is 77.9 Å². The smallest absolute Gasteiger partial charge is 0.193 e. The van der Waals surface area contributed by atoms with Gasteiger partial charge in [-0.05, 0) is 69.3 Å². The van der Waals surface area contributed by atoms with Crippen LogP contribution in [0.3, 0.4) is 0 Å². The summed E-state index contributed by atoms with van der Waals surface area (Å²) < 4.78 is 2.30. The second-order valence-electron chi connectivity index (χ2n) is 7.04. The second kappa shape index (κ2) is 7.51. The van der Waals surface area contributed by atoms with Crippen LogP contribution in [0.15, 0.2) is 66.7 Å². The van der Waals surface area contributed by atoms with Crippen molar-refractivity contribution in [2.75, 3.05) is 18.0 Å². The van der Waals surface area contributed by atoms with E-state index in [2.05, 4.69) is 60.6 Å². The number of ketones is 1. The van der Waals surface area contributed by atoms with E-state index in [1.807, 2.05) is 36.4 Å². The Morgan fingerprint density at radius 2 is 1.43 bits per heavy atom. The van der Waals surface area contributed by atoms with Gasteiger partial charge in [0, 0.05) is 58.3 Å². The number of carbonyl (C=O) groups excluding carboxylic acids is 1. The lowest BCUT2D eigenvalue weighted by Gasteiger charge is -2.21. The fraction of sp³-hybridized carbons (Fsp3) is 0.240. The zero-order valence-electron chi connectivity index (χ0n) is 16.8. The third-order valence-electron chi connectivity index (χ3n) is 5.61. The highest BCUT2D eigenvalue weighted by Gasteiger charge is 2.14. The summed E-state index contributed by atoms with van der Waals surface area (Å²) in [4.78, 5) is 15.4. The lowest BCUT2D eigenvalue weighted by atomic mass is 10.0. The summed E-state index contributed by atoms with van der Waals surface area (Å²) in [5.41, 5.74) is 5.02. The van der Waals surface area contributed by atoms with Crippen LogP contribution in [0.5, 0.6) is 0 Å². The van der Waals surface area contributed by atoms with Gasteiger partial charge in [0.05, 0.1) is 0 Å². The van der Waals surface area contributed by atoms with E-state index in [1.54, 1.807) is 0 Å². The number of hydrogen-bond acceptors (Lipinski definition) is 2. The zero-order valence-corrected chi connectivity index (χ0v) is 16.8. The average Bonchev–Trinajstić information content (AvgIpc) is 3.07. The Morgan fingerprint density at radius 3 is 2.11 bits per heavy atom. The lowest BCUT2D eigenvalue weighted by molar-refractivity contribution is 0.103. The van der Waals surface area contributed by atoms with Gasteiger partial charge in [0.25, 0.3) is 0 Å². The van der Waals surface area contributed by atoms with Crippen molar-refractivity contribution < 1.29 is 4.79 Å². The van der Waals surface area contributed by atoms with Gasteiger partial charge >= 0.3 is 0 Å². The number of rotatable bonds is 6. The molecule has 0 unspecified atom stereocenters. The van der Waals surface area contributed by atoms with Crippen LogP contribution in [0.4, 0.5) is 5.69 Å². The van der Waals surface area contributed by atoms with Gasteiger partial charge in [-0.25, -0.2) is 0 Å². The Kier molecular flexibility index (Phi) is 4.91. The first kappa shape index (κ1) is 18.3. The first-order chi connectivity index (χ1) is 13.7. The number of para-hydroxylation sites is 1. The van der Waals surface area contributed by atoms with E-state index in [1.165, 1.54) is 16.4 Å². The largest absolute Gasteiger partial charge is 0.372 e. The maximum absolute atomic E-state index is 13.1. The van der Waals surface area contributed by atoms with Gasteiger partial charge in [-0.1, -0.05) is 18.2 Å². The van der Waals surface area contributed by atoms with Gasteiger partial charge in [-0.2, -0.15) is 0 Å². The molecule has 0 saturated heterocycles. The van der Waals surface area contributed by atoms with E-state index >= 15 is 0 Å². The minimum absolute atomic E-state index is 0.0707. The monoisotopic (exact) mass is 370 g/mol. The van der Waals surface area contributed by atoms with Crippen molar-refractivity contribution in [1.29, 1.82) is 0 Å². The van der Waals surface area contributed by atoms with Crippen molar-refractivity contribution >= 4 is 33.3 Å². The van der Waals surface area contributed by atoms with Gasteiger partial charge in [0.15, 0.2) is 5.78 Å². The minimum Gasteiger partial charge on any atom is -0.372 e. The van der Waals surface area contributed by atoms with Crippen LogP contribution in [-0.2, 0) is 6.54 Å². The van der Waals surface area contributed by atoms with Crippen LogP contribution in [0, 0.1) is 0 Å². The molecule has 0 aliphatic rings. The van der Waals surface area contributed by atoms with Crippen molar-refractivity contribution in [2.45, 2.75) is 27.3 Å². The van der Waals surface area contributed by atoms with Gasteiger partial charge in [0.2, 0.25) is 0 Å². The molecule has 0 radical (unpaired) electrons. The van der Waals surface area contributed by atoms with E-state index < -0.39 is 0 Å². The number of hydrogen-bond donors (Lipinski definition) is 0. The number of aryl methyl sites for hydroxylation is 1. The summed E-state index contributed by atoms with van der Waals surface area (Å²) in [6.07, 6.45) is 0. The fourth-order valence-electron chi connectivity index (χ4n) is 4.11. The molecule has 0 atom stereocenters. The Bertz CT molecular complexity index is 1130. The molecule has 0 aliphatic carbocycles. The molecular formula is C25H26N2O. The Morgan fingerprint density at radius 1 is 0.786 bits per heavy atom. The summed E-state index contributed by atoms with van der Waals surface area (Å²) in [5.74, 6) is 0.0707. The molecule has 3 nitrogen and oxygen atoms in total. The lowest BCUT2D eigenvalue weighted by Crippen LogP contribution is -2.21. The van der Waals surface area contributed by atoms with Gasteiger partial charge in [0.1, 0.15) is 0 Å². The molecule has 0 N–H and O–H groups in total. The van der Waals surface area contributed by atoms with E-state index in [4.69, 9.17) is 0 Å². The standard InChI is InChI=1S/C25H26N2O/c1-4-26(5-2)20-14-11-18(12-15-20)25(28)19-13-16-24-22(17-19)21-9-7-8-10-23(21)27(24)6-3/h7-17H,4-6H2,1-3H3. The minimum atomic E-state index is 0.0707. The first-order valence-electron chi connectivity index (χ1n) is 10.1. The number of aromatic nitrogens is 1. The van der Waals surface area contributed by atoms with Gasteiger partial charge in [-0.15, -0.1) is 0 Å². The third-order valence-corrected chi connectivity index (χ3v) is 5.61. The molecule has 1 aromatic heterocycles. The first-order valence-corrected chi connectivity index (χ1v) is 10.1. The van der Waals surface area contributed by atoms with E-state index in [-0.39, 0.29) is 5.78 Å². The average molecular weight is 370 g/mol. The maximum atomic E-state index is 13.1. The predicted octanol–water partition coefficient (Wildman–Crippen LogP) is 5.89. The van der Waals surface area contributed by atoms with Crippen LogP contribution >= 0.6 is 0 Å². The highest BCUT2D eigenvalue weighted by molar-refractivity contribution is 6.14. The number of anilines is 1. The molecular weight excluding hydrogens is 344 g/mol. The molecule has 142 valence electrons. The molecule has 0 aliphatic heterocycles. The fourth-order valence-corrected chi connectivity index (χ4v) is 4.11. The molecule has 4 aromatic rings. The van der Waals surface area contributed by atoms with E-state index in [9.17, 15) is 4.79 Å². The molecule has 0 amide bonds. The van der Waals surface area contributed by atoms with E-state index in [0.29, 0.717) is 0 Å². The number of nitrogens with zero attached hydrogens (tertiary/aromatic N) is 2. The number of fused-ring (bicyclic) bond motifs is 3. The summed E-state index contributed by atoms with van der Waals surface area (Å²) >= 11 is 0. The summed E-state index contributed by atoms with van der Waals surface area (Å²) in [6.45, 7) is 9.27. The van der Waals surface area contributed by atoms with Crippen molar-refractivity contribution in [2.24, 2.45) is 0 Å². The highest BCUT2D eigenvalue weighted by Crippen LogP contribution is 2.30. The molecule has 0 saturated carbocycles. The van der Waals surface area contributed by atoms with Crippen molar-refractivity contribution in [3.63, 3.8) is 0 Å². The van der Waals surface area contributed by atoms with Crippen molar-refractivity contribution in [1.82, 2.24) is 4.57 Å². The molecule has 0 fully saturated rings. The van der Waals surface area contributed by atoms with Crippen LogP contribution in [-0.4, -0.2) is 23.4 Å². The Labute approximate surface area is 166 Å². The van der Waals surface area contributed by atoms with Crippen LogP contribution < -0.4 is 4.90 Å². The van der Waals surface area contributed by atoms with Crippen LogP contribution in [0.25, 0.3) is 21.8 Å². The van der Waals surface area contributed by atoms with Gasteiger partial charge < -0.3 is 9.47 Å². The molecule has 3 aromatic carbocycles. The number of carbonyl (C=O) groups is 1. The van der Waals surface area contributed by atoms with Crippen LogP contribution in [0.1, 0.15) is 36.7 Å². The van der Waals surface area contributed by atoms with Gasteiger partial charge in [-0.3, -0.25) is 4.79 Å². The SMILES string of the molecule is CCN(CC)c1ccc(C(=O)c2ccc3c(c2)c2ccccc2n3CC)cc1. The Balaban J connectivity index is 1.75. The molecule has 28 heavy (non-hydrogen) atoms. The summed E-state index contributed by atoms with van der Waals surface area (Å²) in [6, 6.07) is 22.4. The second-order valence-corrected chi connectivity index (χ2v) is 7.04. The predicted molar refractivity (Wildman–Crippen MR) is 119 cm³/mol. The third kappa shape index (κ3) is 2.97. The quantitative estimate of drug-likeness (QED) is 0.395. The summed E-state index contributed by atoms with van der Waals surface area (Å²) in [7, 11) is 0. The normalized spacial score (nSPS) is 11.2. The zero-order chi connectivity index (χ0) is 19.7. The molecule has 1 heterocycles. The topological polar surface area (TPSA) is 25.2 Å².